The van der Waals surface area contributed by atoms with Crippen LogP contribution < -0.4 is 14.5 Å². The second kappa shape index (κ2) is 10.5. The molecule has 0 aliphatic carbocycles. The highest BCUT2D eigenvalue weighted by atomic mass is 32.2. The van der Waals surface area contributed by atoms with E-state index in [9.17, 15) is 0 Å². The van der Waals surface area contributed by atoms with Crippen molar-refractivity contribution in [1.29, 1.82) is 0 Å². The van der Waals surface area contributed by atoms with Crippen LogP contribution in [0, 0.1) is 5.41 Å². The first-order valence-electron chi connectivity index (χ1n) is 11.4. The van der Waals surface area contributed by atoms with Crippen LogP contribution in [0.25, 0.3) is 0 Å². The van der Waals surface area contributed by atoms with Crippen molar-refractivity contribution in [3.05, 3.63) is 42.5 Å². The minimum absolute atomic E-state index is 0.330. The van der Waals surface area contributed by atoms with Gasteiger partial charge in [0.05, 0.1) is 18.5 Å². The van der Waals surface area contributed by atoms with Crippen LogP contribution in [-0.4, -0.2) is 33.5 Å². The van der Waals surface area contributed by atoms with Crippen LogP contribution in [0.15, 0.2) is 47.4 Å². The van der Waals surface area contributed by atoms with Gasteiger partial charge >= 0.3 is 0 Å². The monoisotopic (exact) mass is 426 g/mol. The van der Waals surface area contributed by atoms with Gasteiger partial charge in [-0.05, 0) is 42.5 Å². The maximum Gasteiger partial charge on any atom is 0.143 e. The van der Waals surface area contributed by atoms with Gasteiger partial charge in [0.1, 0.15) is 5.75 Å². The summed E-state index contributed by atoms with van der Waals surface area (Å²) in [4.78, 5) is 6.06. The van der Waals surface area contributed by atoms with E-state index in [0.717, 1.165) is 18.0 Å². The zero-order valence-corrected chi connectivity index (χ0v) is 20.2. The summed E-state index contributed by atoms with van der Waals surface area (Å²) < 4.78 is 5.76. The van der Waals surface area contributed by atoms with Crippen LogP contribution in [0.2, 0.25) is 0 Å². The summed E-state index contributed by atoms with van der Waals surface area (Å²) in [5.74, 6) is 2.13. The fourth-order valence-corrected chi connectivity index (χ4v) is 5.79. The Hall–Kier alpha value is -1.81. The Morgan fingerprint density at radius 3 is 2.27 bits per heavy atom. The third kappa shape index (κ3) is 5.08. The van der Waals surface area contributed by atoms with E-state index in [2.05, 4.69) is 80.2 Å². The first-order chi connectivity index (χ1) is 14.5. The molecule has 0 aromatic heterocycles. The summed E-state index contributed by atoms with van der Waals surface area (Å²) in [5.41, 5.74) is 4.06. The minimum Gasteiger partial charge on any atom is -0.495 e. The van der Waals surface area contributed by atoms with Crippen molar-refractivity contribution in [2.45, 2.75) is 57.3 Å². The van der Waals surface area contributed by atoms with Crippen LogP contribution in [0.4, 0.5) is 17.1 Å². The lowest BCUT2D eigenvalue weighted by Gasteiger charge is -2.38. The molecule has 0 bridgehead atoms. The van der Waals surface area contributed by atoms with Gasteiger partial charge in [-0.1, -0.05) is 57.7 Å². The molecule has 1 aliphatic rings. The molecule has 1 heterocycles. The number of unbranched alkanes of at least 4 members (excludes halogenated alkanes) is 2. The number of fused-ring (bicyclic) bond motifs is 1. The fraction of sp³-hybridized carbons (Fsp3) is 0.538. The smallest absolute Gasteiger partial charge is 0.143 e. The van der Waals surface area contributed by atoms with Gasteiger partial charge < -0.3 is 14.5 Å². The number of rotatable bonds is 9. The summed E-state index contributed by atoms with van der Waals surface area (Å²) in [5, 5.41) is 0. The van der Waals surface area contributed by atoms with Crippen molar-refractivity contribution < 1.29 is 4.74 Å². The fourth-order valence-electron chi connectivity index (χ4n) is 4.44. The molecule has 0 saturated carbocycles. The lowest BCUT2D eigenvalue weighted by Crippen LogP contribution is -2.36. The van der Waals surface area contributed by atoms with Gasteiger partial charge in [-0.15, -0.1) is 11.8 Å². The number of methoxy groups -OCH3 is 1. The molecular weight excluding hydrogens is 388 g/mol. The molecule has 3 nitrogen and oxygen atoms in total. The van der Waals surface area contributed by atoms with Gasteiger partial charge in [0.25, 0.3) is 0 Å². The third-order valence-corrected chi connectivity index (χ3v) is 7.64. The predicted octanol–water partition coefficient (Wildman–Crippen LogP) is 7.37. The lowest BCUT2D eigenvalue weighted by atomic mass is 9.79. The van der Waals surface area contributed by atoms with Crippen molar-refractivity contribution in [2.75, 3.05) is 43.3 Å². The van der Waals surface area contributed by atoms with E-state index in [4.69, 9.17) is 4.74 Å². The van der Waals surface area contributed by atoms with Crippen molar-refractivity contribution >= 4 is 28.8 Å². The van der Waals surface area contributed by atoms with Crippen LogP contribution >= 0.6 is 11.8 Å². The van der Waals surface area contributed by atoms with Gasteiger partial charge in [0.15, 0.2) is 0 Å². The maximum atomic E-state index is 5.76. The van der Waals surface area contributed by atoms with Crippen LogP contribution in [0.3, 0.4) is 0 Å². The number of para-hydroxylation sites is 1. The minimum atomic E-state index is 0.330. The lowest BCUT2D eigenvalue weighted by molar-refractivity contribution is 0.274. The molecule has 4 heteroatoms. The standard InChI is InChI=1S/C26H38N2OS/c1-6-8-15-26(16-9-7-2)19-28(21-13-11-10-12-14-21)23-17-22(27(3)4)24(29-5)18-25(23)30-20-26/h10-14,17-18H,6-9,15-16,19-20H2,1-5H3. The van der Waals surface area contributed by atoms with E-state index in [1.54, 1.807) is 7.11 Å². The van der Waals surface area contributed by atoms with Gasteiger partial charge in [-0.2, -0.15) is 0 Å². The highest BCUT2D eigenvalue weighted by Gasteiger charge is 2.36. The van der Waals surface area contributed by atoms with E-state index in [-0.39, 0.29) is 0 Å². The average molecular weight is 427 g/mol. The Morgan fingerprint density at radius 2 is 1.70 bits per heavy atom. The molecule has 2 aromatic rings. The Balaban J connectivity index is 2.12. The molecule has 0 radical (unpaired) electrons. The zero-order chi connectivity index (χ0) is 21.6. The summed E-state index contributed by atoms with van der Waals surface area (Å²) in [7, 11) is 5.96. The van der Waals surface area contributed by atoms with Crippen LogP contribution in [-0.2, 0) is 0 Å². The summed E-state index contributed by atoms with van der Waals surface area (Å²) >= 11 is 2.03. The van der Waals surface area contributed by atoms with E-state index in [1.165, 1.54) is 60.5 Å². The normalized spacial score (nSPS) is 15.4. The third-order valence-electron chi connectivity index (χ3n) is 6.25. The quantitative estimate of drug-likeness (QED) is 0.416. The first-order valence-corrected chi connectivity index (χ1v) is 12.4. The number of nitrogens with zero attached hydrogens (tertiary/aromatic N) is 2. The Kier molecular flexibility index (Phi) is 7.99. The Morgan fingerprint density at radius 1 is 1.03 bits per heavy atom. The molecule has 0 spiro atoms. The van der Waals surface area contributed by atoms with Crippen LogP contribution in [0.5, 0.6) is 5.75 Å². The van der Waals surface area contributed by atoms with E-state index < -0.39 is 0 Å². The van der Waals surface area contributed by atoms with Crippen molar-refractivity contribution in [3.8, 4) is 5.75 Å². The topological polar surface area (TPSA) is 15.7 Å². The van der Waals surface area contributed by atoms with E-state index in [1.807, 2.05) is 11.8 Å². The second-order valence-electron chi connectivity index (χ2n) is 8.80. The van der Waals surface area contributed by atoms with Crippen molar-refractivity contribution in [1.82, 2.24) is 0 Å². The summed E-state index contributed by atoms with van der Waals surface area (Å²) in [6.07, 6.45) is 7.72. The number of anilines is 3. The summed E-state index contributed by atoms with van der Waals surface area (Å²) in [6, 6.07) is 15.5. The molecule has 0 amide bonds. The molecule has 1 aliphatic heterocycles. The van der Waals surface area contributed by atoms with Gasteiger partial charge in [0.2, 0.25) is 0 Å². The molecule has 0 N–H and O–H groups in total. The van der Waals surface area contributed by atoms with E-state index >= 15 is 0 Å². The number of benzene rings is 2. The average Bonchev–Trinajstić information content (AvgIpc) is 2.93. The molecule has 30 heavy (non-hydrogen) atoms. The molecular formula is C26H38N2OS. The Labute approximate surface area is 187 Å². The van der Waals surface area contributed by atoms with E-state index in [0.29, 0.717) is 5.41 Å². The SMILES string of the molecule is CCCCC1(CCCC)CSc2cc(OC)c(N(C)C)cc2N(c2ccccc2)C1. The molecule has 2 aromatic carbocycles. The maximum absolute atomic E-state index is 5.76. The molecule has 0 fully saturated rings. The van der Waals surface area contributed by atoms with Gasteiger partial charge in [-0.25, -0.2) is 0 Å². The van der Waals surface area contributed by atoms with Crippen molar-refractivity contribution in [3.63, 3.8) is 0 Å². The number of hydrogen-bond donors (Lipinski definition) is 0. The molecule has 3 rings (SSSR count). The number of hydrogen-bond acceptors (Lipinski definition) is 4. The summed E-state index contributed by atoms with van der Waals surface area (Å²) in [6.45, 7) is 5.71. The molecule has 0 unspecified atom stereocenters. The largest absolute Gasteiger partial charge is 0.495 e. The highest BCUT2D eigenvalue weighted by Crippen LogP contribution is 2.50. The van der Waals surface area contributed by atoms with Crippen LogP contribution in [0.1, 0.15) is 52.4 Å². The number of thioether (sulfide) groups is 1. The second-order valence-corrected chi connectivity index (χ2v) is 9.82. The molecule has 164 valence electrons. The zero-order valence-electron chi connectivity index (χ0n) is 19.4. The number of ether oxygens (including phenoxy) is 1. The van der Waals surface area contributed by atoms with Crippen molar-refractivity contribution in [2.24, 2.45) is 5.41 Å². The highest BCUT2D eigenvalue weighted by molar-refractivity contribution is 7.99. The first kappa shape index (κ1) is 22.9. The molecule has 0 saturated heterocycles. The van der Waals surface area contributed by atoms with Gasteiger partial charge in [-0.3, -0.25) is 0 Å². The van der Waals surface area contributed by atoms with Gasteiger partial charge in [0, 0.05) is 37.0 Å². The Bertz CT molecular complexity index is 798. The predicted molar refractivity (Wildman–Crippen MR) is 133 cm³/mol. The molecule has 0 atom stereocenters.